The van der Waals surface area contributed by atoms with Crippen LogP contribution in [-0.4, -0.2) is 6.21 Å². The second kappa shape index (κ2) is 8.31. The molecule has 0 aliphatic carbocycles. The Morgan fingerprint density at radius 2 is 1.71 bits per heavy atom. The van der Waals surface area contributed by atoms with Crippen molar-refractivity contribution in [2.45, 2.75) is 6.61 Å². The molecule has 0 heterocycles. The molecule has 0 spiro atoms. The van der Waals surface area contributed by atoms with E-state index < -0.39 is 0 Å². The second-order valence-corrected chi connectivity index (χ2v) is 6.14. The number of halogens is 1. The highest BCUT2D eigenvalue weighted by Gasteiger charge is 1.98. The van der Waals surface area contributed by atoms with Crippen LogP contribution in [0, 0.1) is 0 Å². The quantitative estimate of drug-likeness (QED) is 0.454. The Morgan fingerprint density at radius 1 is 0.917 bits per heavy atom. The van der Waals surface area contributed by atoms with E-state index in [1.54, 1.807) is 6.21 Å². The van der Waals surface area contributed by atoms with E-state index in [1.165, 1.54) is 0 Å². The number of nitrogens with zero attached hydrogens (tertiary/aromatic N) is 1. The molecule has 1 N–H and O–H groups in total. The molecule has 3 nitrogen and oxygen atoms in total. The zero-order valence-electron chi connectivity index (χ0n) is 13.0. The first-order chi connectivity index (χ1) is 11.8. The summed E-state index contributed by atoms with van der Waals surface area (Å²) in [5.74, 6) is 0.821. The lowest BCUT2D eigenvalue weighted by Gasteiger charge is -2.07. The number of hydrogen-bond donors (Lipinski definition) is 1. The molecule has 0 atom stereocenters. The van der Waals surface area contributed by atoms with Crippen LogP contribution < -0.4 is 10.2 Å². The Kier molecular flexibility index (Phi) is 5.64. The third-order valence-corrected chi connectivity index (χ3v) is 3.89. The van der Waals surface area contributed by atoms with Crippen molar-refractivity contribution in [2.24, 2.45) is 5.10 Å². The first-order valence-electron chi connectivity index (χ1n) is 7.61. The third kappa shape index (κ3) is 4.96. The summed E-state index contributed by atoms with van der Waals surface area (Å²) in [6.07, 6.45) is 1.78. The fourth-order valence-corrected chi connectivity index (χ4v) is 2.39. The van der Waals surface area contributed by atoms with Crippen molar-refractivity contribution in [3.63, 3.8) is 0 Å². The molecule has 0 aliphatic heterocycles. The first-order valence-corrected chi connectivity index (χ1v) is 8.40. The molecule has 3 aromatic carbocycles. The van der Waals surface area contributed by atoms with Crippen LogP contribution in [0.3, 0.4) is 0 Å². The maximum Gasteiger partial charge on any atom is 0.120 e. The van der Waals surface area contributed by atoms with Crippen molar-refractivity contribution in [2.75, 3.05) is 5.43 Å². The molecule has 0 radical (unpaired) electrons. The van der Waals surface area contributed by atoms with Gasteiger partial charge in [-0.25, -0.2) is 0 Å². The molecule has 24 heavy (non-hydrogen) atoms. The molecule has 0 amide bonds. The average Bonchev–Trinajstić information content (AvgIpc) is 2.63. The molecule has 0 bridgehead atoms. The molecule has 0 saturated heterocycles. The lowest BCUT2D eigenvalue weighted by molar-refractivity contribution is 0.306. The lowest BCUT2D eigenvalue weighted by Crippen LogP contribution is -1.96. The maximum absolute atomic E-state index is 5.84. The highest BCUT2D eigenvalue weighted by molar-refractivity contribution is 9.10. The summed E-state index contributed by atoms with van der Waals surface area (Å²) in [7, 11) is 0. The van der Waals surface area contributed by atoms with Gasteiger partial charge in [0.15, 0.2) is 0 Å². The minimum absolute atomic E-state index is 0.538. The molecular formula is C20H17BrN2O. The smallest absolute Gasteiger partial charge is 0.120 e. The van der Waals surface area contributed by atoms with Crippen molar-refractivity contribution >= 4 is 27.8 Å². The summed E-state index contributed by atoms with van der Waals surface area (Å²) >= 11 is 3.43. The number of para-hydroxylation sites is 1. The van der Waals surface area contributed by atoms with Gasteiger partial charge < -0.3 is 4.74 Å². The van der Waals surface area contributed by atoms with Crippen LogP contribution in [0.1, 0.15) is 11.1 Å². The molecule has 0 saturated carbocycles. The Hall–Kier alpha value is -2.59. The van der Waals surface area contributed by atoms with E-state index in [0.717, 1.165) is 27.0 Å². The summed E-state index contributed by atoms with van der Waals surface area (Å²) in [5.41, 5.74) is 6.06. The summed E-state index contributed by atoms with van der Waals surface area (Å²) in [4.78, 5) is 0. The van der Waals surface area contributed by atoms with Gasteiger partial charge >= 0.3 is 0 Å². The Balaban J connectivity index is 1.58. The monoisotopic (exact) mass is 380 g/mol. The van der Waals surface area contributed by atoms with Gasteiger partial charge in [0.2, 0.25) is 0 Å². The van der Waals surface area contributed by atoms with Gasteiger partial charge in [0.05, 0.1) is 11.9 Å². The van der Waals surface area contributed by atoms with E-state index in [-0.39, 0.29) is 0 Å². The topological polar surface area (TPSA) is 33.6 Å². The van der Waals surface area contributed by atoms with Gasteiger partial charge in [-0.2, -0.15) is 5.10 Å². The van der Waals surface area contributed by atoms with Crippen LogP contribution in [0.4, 0.5) is 5.69 Å². The number of ether oxygens (including phenoxy) is 1. The molecule has 0 unspecified atom stereocenters. The highest BCUT2D eigenvalue weighted by Crippen LogP contribution is 2.16. The average molecular weight is 381 g/mol. The van der Waals surface area contributed by atoms with Gasteiger partial charge in [-0.3, -0.25) is 5.43 Å². The standard InChI is InChI=1S/C20H17BrN2O/c21-18-11-9-16(10-12-18)15-24-20-8-4-5-17(13-20)14-22-23-19-6-2-1-3-7-19/h1-14,23H,15H2/b22-14+. The van der Waals surface area contributed by atoms with Crippen molar-refractivity contribution < 1.29 is 4.74 Å². The van der Waals surface area contributed by atoms with Crippen LogP contribution in [-0.2, 0) is 6.61 Å². The van der Waals surface area contributed by atoms with Gasteiger partial charge in [0.25, 0.3) is 0 Å². The van der Waals surface area contributed by atoms with Crippen molar-refractivity contribution in [3.05, 3.63) is 94.5 Å². The number of anilines is 1. The minimum Gasteiger partial charge on any atom is -0.489 e. The van der Waals surface area contributed by atoms with E-state index in [2.05, 4.69) is 26.5 Å². The van der Waals surface area contributed by atoms with Gasteiger partial charge in [0, 0.05) is 4.47 Å². The Morgan fingerprint density at radius 3 is 2.50 bits per heavy atom. The van der Waals surface area contributed by atoms with E-state index in [1.807, 2.05) is 78.9 Å². The van der Waals surface area contributed by atoms with Crippen molar-refractivity contribution in [3.8, 4) is 5.75 Å². The van der Waals surface area contributed by atoms with Gasteiger partial charge in [-0.15, -0.1) is 0 Å². The Labute approximate surface area is 150 Å². The van der Waals surface area contributed by atoms with Gasteiger partial charge in [-0.1, -0.05) is 58.4 Å². The predicted octanol–water partition coefficient (Wildman–Crippen LogP) is 5.47. The summed E-state index contributed by atoms with van der Waals surface area (Å²) < 4.78 is 6.90. The van der Waals surface area contributed by atoms with Crippen LogP contribution in [0.2, 0.25) is 0 Å². The van der Waals surface area contributed by atoms with Crippen LogP contribution in [0.25, 0.3) is 0 Å². The third-order valence-electron chi connectivity index (χ3n) is 3.36. The number of rotatable bonds is 6. The zero-order valence-corrected chi connectivity index (χ0v) is 14.6. The van der Waals surface area contributed by atoms with E-state index in [9.17, 15) is 0 Å². The SMILES string of the molecule is Brc1ccc(COc2cccc(/C=N/Nc3ccccc3)c2)cc1. The fraction of sp³-hybridized carbons (Fsp3) is 0.0500. The minimum atomic E-state index is 0.538. The summed E-state index contributed by atoms with van der Waals surface area (Å²) in [6, 6.07) is 25.8. The highest BCUT2D eigenvalue weighted by atomic mass is 79.9. The van der Waals surface area contributed by atoms with Crippen LogP contribution in [0.15, 0.2) is 88.4 Å². The molecule has 3 rings (SSSR count). The van der Waals surface area contributed by atoms with Crippen molar-refractivity contribution in [1.29, 1.82) is 0 Å². The zero-order chi connectivity index (χ0) is 16.6. The molecule has 120 valence electrons. The number of hydrazone groups is 1. The molecular weight excluding hydrogens is 364 g/mol. The summed E-state index contributed by atoms with van der Waals surface area (Å²) in [5, 5.41) is 4.25. The maximum atomic E-state index is 5.84. The molecule has 4 heteroatoms. The van der Waals surface area contributed by atoms with E-state index in [4.69, 9.17) is 4.74 Å². The normalized spacial score (nSPS) is 10.7. The second-order valence-electron chi connectivity index (χ2n) is 5.22. The van der Waals surface area contributed by atoms with Gasteiger partial charge in [0.1, 0.15) is 12.4 Å². The number of nitrogens with one attached hydrogen (secondary N) is 1. The van der Waals surface area contributed by atoms with Crippen LogP contribution in [0.5, 0.6) is 5.75 Å². The molecule has 0 aliphatic rings. The predicted molar refractivity (Wildman–Crippen MR) is 103 cm³/mol. The van der Waals surface area contributed by atoms with Gasteiger partial charge in [-0.05, 0) is 47.5 Å². The van der Waals surface area contributed by atoms with Crippen LogP contribution >= 0.6 is 15.9 Å². The summed E-state index contributed by atoms with van der Waals surface area (Å²) in [6.45, 7) is 0.538. The van der Waals surface area contributed by atoms with E-state index >= 15 is 0 Å². The molecule has 0 fully saturated rings. The molecule has 0 aromatic heterocycles. The Bertz CT molecular complexity index is 801. The largest absolute Gasteiger partial charge is 0.489 e. The lowest BCUT2D eigenvalue weighted by atomic mass is 10.2. The van der Waals surface area contributed by atoms with E-state index in [0.29, 0.717) is 6.61 Å². The molecule has 3 aromatic rings. The fourth-order valence-electron chi connectivity index (χ4n) is 2.13. The number of benzene rings is 3. The number of hydrogen-bond acceptors (Lipinski definition) is 3. The van der Waals surface area contributed by atoms with Crippen molar-refractivity contribution in [1.82, 2.24) is 0 Å². The first kappa shape index (κ1) is 16.3.